The lowest BCUT2D eigenvalue weighted by molar-refractivity contribution is 0.529. The molecule has 0 aliphatic heterocycles. The number of aromatic nitrogens is 2. The van der Waals surface area contributed by atoms with Gasteiger partial charge >= 0.3 is 0 Å². The van der Waals surface area contributed by atoms with Gasteiger partial charge in [0.05, 0.1) is 6.20 Å². The minimum absolute atomic E-state index is 0.475. The van der Waals surface area contributed by atoms with Crippen LogP contribution < -0.4 is 5.32 Å². The summed E-state index contributed by atoms with van der Waals surface area (Å²) >= 11 is 3.54. The highest BCUT2D eigenvalue weighted by Gasteiger charge is 2.22. The Morgan fingerprint density at radius 1 is 1.47 bits per heavy atom. The Kier molecular flexibility index (Phi) is 3.46. The minimum Gasteiger partial charge on any atom is -0.306 e. The van der Waals surface area contributed by atoms with E-state index in [2.05, 4.69) is 51.5 Å². The number of benzene rings is 1. The number of halogens is 1. The molecule has 4 heteroatoms. The van der Waals surface area contributed by atoms with Crippen molar-refractivity contribution >= 4 is 15.9 Å². The van der Waals surface area contributed by atoms with E-state index >= 15 is 0 Å². The predicted molar refractivity (Wildman–Crippen MR) is 80.0 cm³/mol. The second-order valence-corrected chi connectivity index (χ2v) is 6.11. The van der Waals surface area contributed by atoms with Crippen LogP contribution in [-0.2, 0) is 20.0 Å². The summed E-state index contributed by atoms with van der Waals surface area (Å²) in [5, 5.41) is 7.95. The second kappa shape index (κ2) is 5.10. The summed E-state index contributed by atoms with van der Waals surface area (Å²) < 4.78 is 3.10. The first kappa shape index (κ1) is 12.9. The van der Waals surface area contributed by atoms with E-state index in [4.69, 9.17) is 0 Å². The molecule has 0 fully saturated rings. The summed E-state index contributed by atoms with van der Waals surface area (Å²) in [6, 6.07) is 7.09. The summed E-state index contributed by atoms with van der Waals surface area (Å²) in [7, 11) is 1.99. The van der Waals surface area contributed by atoms with E-state index in [1.54, 1.807) is 0 Å². The molecule has 1 heterocycles. The molecule has 0 saturated heterocycles. The van der Waals surface area contributed by atoms with E-state index in [0.29, 0.717) is 6.04 Å². The molecule has 1 aromatic heterocycles. The maximum atomic E-state index is 4.29. The van der Waals surface area contributed by atoms with Crippen molar-refractivity contribution in [3.8, 4) is 0 Å². The van der Waals surface area contributed by atoms with Crippen LogP contribution in [0.25, 0.3) is 0 Å². The average Bonchev–Trinajstić information content (AvgIpc) is 2.93. The van der Waals surface area contributed by atoms with E-state index in [-0.39, 0.29) is 0 Å². The number of hydrogen-bond donors (Lipinski definition) is 1. The molecule has 0 saturated carbocycles. The van der Waals surface area contributed by atoms with Gasteiger partial charge in [0, 0.05) is 35.4 Å². The Hall–Kier alpha value is -1.13. The van der Waals surface area contributed by atoms with Crippen LogP contribution in [0.1, 0.15) is 34.8 Å². The largest absolute Gasteiger partial charge is 0.306 e. The van der Waals surface area contributed by atoms with Crippen molar-refractivity contribution in [2.45, 2.75) is 32.4 Å². The van der Waals surface area contributed by atoms with Gasteiger partial charge in [-0.3, -0.25) is 4.68 Å². The lowest BCUT2D eigenvalue weighted by atomic mass is 10.1. The molecule has 1 aromatic carbocycles. The van der Waals surface area contributed by atoms with Crippen LogP contribution in [0.2, 0.25) is 0 Å². The fourth-order valence-corrected chi connectivity index (χ4v) is 3.16. The Bertz CT molecular complexity index is 603. The van der Waals surface area contributed by atoms with Gasteiger partial charge in [-0.1, -0.05) is 22.0 Å². The van der Waals surface area contributed by atoms with Crippen molar-refractivity contribution in [1.29, 1.82) is 0 Å². The Labute approximate surface area is 122 Å². The molecule has 3 nitrogen and oxygen atoms in total. The van der Waals surface area contributed by atoms with Crippen molar-refractivity contribution in [2.24, 2.45) is 7.05 Å². The Balaban J connectivity index is 1.72. The summed E-state index contributed by atoms with van der Waals surface area (Å²) in [6.07, 6.45) is 4.31. The van der Waals surface area contributed by atoms with E-state index in [0.717, 1.165) is 6.54 Å². The standard InChI is InChI=1S/C15H18BrN3/c1-10-12(9-18-19(10)2)8-17-15-6-3-11-7-13(16)4-5-14(11)15/h4-5,7,9,15,17H,3,6,8H2,1-2H3. The van der Waals surface area contributed by atoms with E-state index < -0.39 is 0 Å². The van der Waals surface area contributed by atoms with Crippen LogP contribution in [0.3, 0.4) is 0 Å². The zero-order valence-electron chi connectivity index (χ0n) is 11.3. The van der Waals surface area contributed by atoms with Crippen molar-refractivity contribution in [3.63, 3.8) is 0 Å². The van der Waals surface area contributed by atoms with Crippen LogP contribution in [0, 0.1) is 6.92 Å². The topological polar surface area (TPSA) is 29.9 Å². The molecule has 0 radical (unpaired) electrons. The molecule has 1 N–H and O–H groups in total. The first-order chi connectivity index (χ1) is 9.15. The number of aryl methyl sites for hydroxylation is 2. The Morgan fingerprint density at radius 3 is 3.05 bits per heavy atom. The quantitative estimate of drug-likeness (QED) is 0.941. The Morgan fingerprint density at radius 2 is 2.32 bits per heavy atom. The lowest BCUT2D eigenvalue weighted by Crippen LogP contribution is -2.19. The molecule has 2 aromatic rings. The zero-order chi connectivity index (χ0) is 13.4. The van der Waals surface area contributed by atoms with Gasteiger partial charge in [0.25, 0.3) is 0 Å². The highest BCUT2D eigenvalue weighted by Crippen LogP contribution is 2.33. The highest BCUT2D eigenvalue weighted by atomic mass is 79.9. The molecular formula is C15H18BrN3. The number of rotatable bonds is 3. The van der Waals surface area contributed by atoms with Gasteiger partial charge in [0.15, 0.2) is 0 Å². The monoisotopic (exact) mass is 319 g/mol. The molecule has 1 atom stereocenters. The molecule has 0 amide bonds. The minimum atomic E-state index is 0.475. The molecule has 1 aliphatic carbocycles. The normalized spacial score (nSPS) is 17.7. The molecule has 0 bridgehead atoms. The van der Waals surface area contributed by atoms with Gasteiger partial charge in [-0.25, -0.2) is 0 Å². The van der Waals surface area contributed by atoms with Crippen molar-refractivity contribution < 1.29 is 0 Å². The number of nitrogens with one attached hydrogen (secondary N) is 1. The fourth-order valence-electron chi connectivity index (χ4n) is 2.75. The summed E-state index contributed by atoms with van der Waals surface area (Å²) in [5.41, 5.74) is 5.44. The number of hydrogen-bond acceptors (Lipinski definition) is 2. The lowest BCUT2D eigenvalue weighted by Gasteiger charge is -2.14. The molecular weight excluding hydrogens is 302 g/mol. The first-order valence-electron chi connectivity index (χ1n) is 6.64. The number of fused-ring (bicyclic) bond motifs is 1. The van der Waals surface area contributed by atoms with Gasteiger partial charge in [-0.05, 0) is 43.0 Å². The molecule has 1 aliphatic rings. The van der Waals surface area contributed by atoms with Gasteiger partial charge < -0.3 is 5.32 Å². The molecule has 100 valence electrons. The molecule has 3 rings (SSSR count). The summed E-state index contributed by atoms with van der Waals surface area (Å²) in [6.45, 7) is 3.00. The van der Waals surface area contributed by atoms with Crippen molar-refractivity contribution in [2.75, 3.05) is 0 Å². The van der Waals surface area contributed by atoms with E-state index in [9.17, 15) is 0 Å². The third kappa shape index (κ3) is 2.47. The fraction of sp³-hybridized carbons (Fsp3) is 0.400. The van der Waals surface area contributed by atoms with E-state index in [1.165, 1.54) is 39.7 Å². The third-order valence-corrected chi connectivity index (χ3v) is 4.55. The zero-order valence-corrected chi connectivity index (χ0v) is 12.9. The van der Waals surface area contributed by atoms with Crippen LogP contribution >= 0.6 is 15.9 Å². The average molecular weight is 320 g/mol. The smallest absolute Gasteiger partial charge is 0.0537 e. The van der Waals surface area contributed by atoms with Crippen LogP contribution in [-0.4, -0.2) is 9.78 Å². The molecule has 19 heavy (non-hydrogen) atoms. The predicted octanol–water partition coefficient (Wildman–Crippen LogP) is 3.27. The summed E-state index contributed by atoms with van der Waals surface area (Å²) in [5.74, 6) is 0. The first-order valence-corrected chi connectivity index (χ1v) is 7.43. The van der Waals surface area contributed by atoms with Gasteiger partial charge in [-0.2, -0.15) is 5.10 Å². The molecule has 1 unspecified atom stereocenters. The maximum absolute atomic E-state index is 4.29. The van der Waals surface area contributed by atoms with Gasteiger partial charge in [-0.15, -0.1) is 0 Å². The van der Waals surface area contributed by atoms with Gasteiger partial charge in [0.2, 0.25) is 0 Å². The summed E-state index contributed by atoms with van der Waals surface area (Å²) in [4.78, 5) is 0. The van der Waals surface area contributed by atoms with Crippen LogP contribution in [0.5, 0.6) is 0 Å². The van der Waals surface area contributed by atoms with Crippen molar-refractivity contribution in [3.05, 3.63) is 51.3 Å². The third-order valence-electron chi connectivity index (χ3n) is 4.06. The van der Waals surface area contributed by atoms with Crippen LogP contribution in [0.4, 0.5) is 0 Å². The highest BCUT2D eigenvalue weighted by molar-refractivity contribution is 9.10. The maximum Gasteiger partial charge on any atom is 0.0537 e. The van der Waals surface area contributed by atoms with Crippen molar-refractivity contribution in [1.82, 2.24) is 15.1 Å². The van der Waals surface area contributed by atoms with Gasteiger partial charge in [0.1, 0.15) is 0 Å². The SMILES string of the molecule is Cc1c(CNC2CCc3cc(Br)ccc32)cnn1C. The number of nitrogens with zero attached hydrogens (tertiary/aromatic N) is 2. The molecule has 0 spiro atoms. The van der Waals surface area contributed by atoms with E-state index in [1.807, 2.05) is 17.9 Å². The van der Waals surface area contributed by atoms with Crippen LogP contribution in [0.15, 0.2) is 28.9 Å². The second-order valence-electron chi connectivity index (χ2n) is 5.19.